The number of carbonyl (C=O) groups is 2. The molecular weight excluding hydrogens is 316 g/mol. The summed E-state index contributed by atoms with van der Waals surface area (Å²) in [6, 6.07) is 9.01. The predicted molar refractivity (Wildman–Crippen MR) is 92.1 cm³/mol. The van der Waals surface area contributed by atoms with Crippen LogP contribution in [-0.2, 0) is 16.0 Å². The number of cyclic esters (lactones) is 1. The molecule has 4 fully saturated rings. The predicted octanol–water partition coefficient (Wildman–Crippen LogP) is 2.31. The van der Waals surface area contributed by atoms with Crippen molar-refractivity contribution in [2.75, 3.05) is 19.7 Å². The van der Waals surface area contributed by atoms with Gasteiger partial charge >= 0.3 is 6.09 Å². The lowest BCUT2D eigenvalue weighted by Crippen LogP contribution is -2.58. The minimum absolute atomic E-state index is 0.0572. The number of amides is 2. The van der Waals surface area contributed by atoms with Crippen molar-refractivity contribution in [2.24, 2.45) is 17.8 Å². The first-order chi connectivity index (χ1) is 12.1. The molecule has 1 spiro atoms. The monoisotopic (exact) mass is 340 g/mol. The quantitative estimate of drug-likeness (QED) is 0.919. The number of benzene rings is 1. The van der Waals surface area contributed by atoms with Crippen LogP contribution in [0.25, 0.3) is 0 Å². The van der Waals surface area contributed by atoms with Crippen LogP contribution >= 0.6 is 0 Å². The third-order valence-corrected chi connectivity index (χ3v) is 6.75. The fourth-order valence-corrected chi connectivity index (χ4v) is 5.20. The Bertz CT molecular complexity index is 711. The number of piperidine rings is 1. The summed E-state index contributed by atoms with van der Waals surface area (Å²) in [7, 11) is 0. The highest BCUT2D eigenvalue weighted by molar-refractivity contribution is 5.82. The van der Waals surface area contributed by atoms with Crippen molar-refractivity contribution < 1.29 is 14.3 Å². The highest BCUT2D eigenvalue weighted by Gasteiger charge is 2.59. The third kappa shape index (κ3) is 2.35. The largest absolute Gasteiger partial charge is 0.447 e. The summed E-state index contributed by atoms with van der Waals surface area (Å²) in [5.74, 6) is 2.26. The minimum Gasteiger partial charge on any atom is -0.447 e. The normalized spacial score (nSPS) is 38.1. The molecule has 5 nitrogen and oxygen atoms in total. The topological polar surface area (TPSA) is 58.6 Å². The van der Waals surface area contributed by atoms with Gasteiger partial charge in [-0.15, -0.1) is 0 Å². The van der Waals surface area contributed by atoms with Crippen LogP contribution in [0, 0.1) is 17.8 Å². The maximum atomic E-state index is 12.7. The molecule has 2 aliphatic carbocycles. The van der Waals surface area contributed by atoms with Gasteiger partial charge < -0.3 is 15.0 Å². The van der Waals surface area contributed by atoms with Gasteiger partial charge in [0, 0.05) is 19.0 Å². The van der Waals surface area contributed by atoms with E-state index in [0.29, 0.717) is 24.4 Å². The second-order valence-corrected chi connectivity index (χ2v) is 8.28. The van der Waals surface area contributed by atoms with Crippen LogP contribution in [-0.4, -0.2) is 42.1 Å². The van der Waals surface area contributed by atoms with Crippen LogP contribution in [0.3, 0.4) is 0 Å². The van der Waals surface area contributed by atoms with E-state index in [1.807, 2.05) is 0 Å². The molecule has 0 aromatic heterocycles. The summed E-state index contributed by atoms with van der Waals surface area (Å²) in [5, 5.41) is 2.87. The Kier molecular flexibility index (Phi) is 3.19. The Labute approximate surface area is 147 Å². The van der Waals surface area contributed by atoms with Gasteiger partial charge in [-0.25, -0.2) is 4.79 Å². The highest BCUT2D eigenvalue weighted by Crippen LogP contribution is 2.58. The first-order valence-electron chi connectivity index (χ1n) is 9.41. The van der Waals surface area contributed by atoms with Gasteiger partial charge in [-0.2, -0.15) is 0 Å². The molecule has 0 radical (unpaired) electrons. The fourth-order valence-electron chi connectivity index (χ4n) is 5.20. The Morgan fingerprint density at radius 3 is 2.48 bits per heavy atom. The Balaban J connectivity index is 1.16. The van der Waals surface area contributed by atoms with Crippen LogP contribution in [0.5, 0.6) is 0 Å². The van der Waals surface area contributed by atoms with Gasteiger partial charge in [0.25, 0.3) is 0 Å². The summed E-state index contributed by atoms with van der Waals surface area (Å²) < 4.78 is 4.99. The standard InChI is InChI=1S/C20H24N2O3/c1-2-12-3-5-13(6-4-12)17-15-9-22(10-16(15)17)18(23)14-7-20(8-14)11-25-19(24)21-20/h3-6,14-17H,2,7-11H2,1H3,(H,21,24)/t14-,15-,16+,17+,20+. The molecule has 2 amide bonds. The zero-order valence-corrected chi connectivity index (χ0v) is 14.5. The summed E-state index contributed by atoms with van der Waals surface area (Å²) in [4.78, 5) is 26.0. The van der Waals surface area contributed by atoms with Gasteiger partial charge in [0.2, 0.25) is 5.91 Å². The van der Waals surface area contributed by atoms with Gasteiger partial charge in [0.1, 0.15) is 6.61 Å². The molecule has 2 heterocycles. The van der Waals surface area contributed by atoms with Crippen molar-refractivity contribution in [3.63, 3.8) is 0 Å². The molecule has 2 saturated heterocycles. The molecule has 1 N–H and O–H groups in total. The third-order valence-electron chi connectivity index (χ3n) is 6.75. The zero-order valence-electron chi connectivity index (χ0n) is 14.5. The maximum Gasteiger partial charge on any atom is 0.407 e. The van der Waals surface area contributed by atoms with E-state index in [9.17, 15) is 9.59 Å². The Morgan fingerprint density at radius 1 is 1.24 bits per heavy atom. The average Bonchev–Trinajstić information content (AvgIpc) is 2.94. The van der Waals surface area contributed by atoms with Crippen LogP contribution in [0.15, 0.2) is 24.3 Å². The molecule has 5 heteroatoms. The summed E-state index contributed by atoms with van der Waals surface area (Å²) >= 11 is 0. The van der Waals surface area contributed by atoms with E-state index in [2.05, 4.69) is 41.4 Å². The Hall–Kier alpha value is -2.04. The lowest BCUT2D eigenvalue weighted by Gasteiger charge is -2.43. The van der Waals surface area contributed by atoms with Crippen LogP contribution in [0.4, 0.5) is 4.79 Å². The number of fused-ring (bicyclic) bond motifs is 1. The molecule has 0 unspecified atom stereocenters. The van der Waals surface area contributed by atoms with Crippen LogP contribution in [0.1, 0.15) is 36.8 Å². The minimum atomic E-state index is -0.342. The summed E-state index contributed by atoms with van der Waals surface area (Å²) in [5.41, 5.74) is 2.56. The average molecular weight is 340 g/mol. The zero-order chi connectivity index (χ0) is 17.2. The first-order valence-corrected chi connectivity index (χ1v) is 9.41. The number of ether oxygens (including phenoxy) is 1. The molecule has 5 rings (SSSR count). The number of alkyl carbamates (subject to hydrolysis) is 1. The van der Waals surface area contributed by atoms with Crippen LogP contribution in [0.2, 0.25) is 0 Å². The molecular formula is C20H24N2O3. The van der Waals surface area contributed by atoms with Crippen molar-refractivity contribution in [1.82, 2.24) is 10.2 Å². The highest BCUT2D eigenvalue weighted by atomic mass is 16.6. The number of likely N-dealkylation sites (tertiary alicyclic amines) is 1. The molecule has 0 bridgehead atoms. The smallest absolute Gasteiger partial charge is 0.407 e. The van der Waals surface area contributed by atoms with Gasteiger partial charge in [0.15, 0.2) is 0 Å². The number of hydrogen-bond donors (Lipinski definition) is 1. The summed E-state index contributed by atoms with van der Waals surface area (Å²) in [6.45, 7) is 4.39. The van der Waals surface area contributed by atoms with E-state index < -0.39 is 0 Å². The lowest BCUT2D eigenvalue weighted by atomic mass is 9.68. The molecule has 1 aromatic carbocycles. The van der Waals surface area contributed by atoms with E-state index in [4.69, 9.17) is 4.74 Å². The number of nitrogens with zero attached hydrogens (tertiary/aromatic N) is 1. The number of hydrogen-bond acceptors (Lipinski definition) is 3. The fraction of sp³-hybridized carbons (Fsp3) is 0.600. The lowest BCUT2D eigenvalue weighted by molar-refractivity contribution is -0.140. The number of rotatable bonds is 3. The van der Waals surface area contributed by atoms with Gasteiger partial charge in [0.05, 0.1) is 5.54 Å². The van der Waals surface area contributed by atoms with E-state index >= 15 is 0 Å². The van der Waals surface area contributed by atoms with Gasteiger partial charge in [-0.05, 0) is 48.1 Å². The number of carbonyl (C=O) groups excluding carboxylic acids is 2. The van der Waals surface area contributed by atoms with E-state index in [1.54, 1.807) is 0 Å². The van der Waals surface area contributed by atoms with Gasteiger partial charge in [-0.3, -0.25) is 4.79 Å². The molecule has 1 aromatic rings. The molecule has 132 valence electrons. The van der Waals surface area contributed by atoms with E-state index in [-0.39, 0.29) is 23.5 Å². The first kappa shape index (κ1) is 15.2. The van der Waals surface area contributed by atoms with Gasteiger partial charge in [-0.1, -0.05) is 31.2 Å². The molecule has 25 heavy (non-hydrogen) atoms. The van der Waals surface area contributed by atoms with Crippen molar-refractivity contribution >= 4 is 12.0 Å². The molecule has 2 saturated carbocycles. The summed E-state index contributed by atoms with van der Waals surface area (Å²) in [6.07, 6.45) is 2.19. The molecule has 2 aliphatic heterocycles. The number of nitrogens with one attached hydrogen (secondary N) is 1. The van der Waals surface area contributed by atoms with Crippen molar-refractivity contribution in [2.45, 2.75) is 37.6 Å². The van der Waals surface area contributed by atoms with Crippen LogP contribution < -0.4 is 5.32 Å². The van der Waals surface area contributed by atoms with E-state index in [0.717, 1.165) is 32.4 Å². The second kappa shape index (κ2) is 5.23. The molecule has 4 aliphatic rings. The van der Waals surface area contributed by atoms with E-state index in [1.165, 1.54) is 11.1 Å². The maximum absolute atomic E-state index is 12.7. The second-order valence-electron chi connectivity index (χ2n) is 8.28. The SMILES string of the molecule is CCc1ccc([C@H]2[C@@H]3CN(C(=O)[C@H]4C[C@]5(COC(=O)N5)C4)C[C@@H]32)cc1. The van der Waals surface area contributed by atoms with Crippen molar-refractivity contribution in [3.05, 3.63) is 35.4 Å². The number of aryl methyl sites for hydroxylation is 1. The Morgan fingerprint density at radius 2 is 1.92 bits per heavy atom. The van der Waals surface area contributed by atoms with Crippen molar-refractivity contribution in [3.8, 4) is 0 Å². The molecule has 3 atom stereocenters. The van der Waals surface area contributed by atoms with Crippen molar-refractivity contribution in [1.29, 1.82) is 0 Å².